The summed E-state index contributed by atoms with van der Waals surface area (Å²) in [4.78, 5) is 12.5. The number of unbranched alkanes of at least 4 members (excludes halogenated alkanes) is 8. The fourth-order valence-electron chi connectivity index (χ4n) is 4.22. The van der Waals surface area contributed by atoms with Gasteiger partial charge < -0.3 is 9.47 Å². The molecule has 2 aromatic carbocycles. The van der Waals surface area contributed by atoms with Crippen LogP contribution in [0.25, 0.3) is 0 Å². The topological polar surface area (TPSA) is 59.3 Å². The lowest BCUT2D eigenvalue weighted by atomic mass is 9.97. The first-order valence-electron chi connectivity index (χ1n) is 12.2. The minimum Gasteiger partial charge on any atom is -0.490 e. The Balaban J connectivity index is 1.40. The van der Waals surface area contributed by atoms with Crippen LogP contribution in [0.15, 0.2) is 42.5 Å². The Kier molecular flexibility index (Phi) is 9.62. The zero-order valence-corrected chi connectivity index (χ0v) is 19.3. The molecule has 0 saturated heterocycles. The number of nitriles is 1. The van der Waals surface area contributed by atoms with Gasteiger partial charge in [0.15, 0.2) is 0 Å². The van der Waals surface area contributed by atoms with Crippen LogP contribution in [0.1, 0.15) is 99.0 Å². The summed E-state index contributed by atoms with van der Waals surface area (Å²) in [7, 11) is 0. The Morgan fingerprint density at radius 2 is 1.69 bits per heavy atom. The lowest BCUT2D eigenvalue weighted by molar-refractivity contribution is 0.0734. The van der Waals surface area contributed by atoms with Crippen LogP contribution in [0.2, 0.25) is 0 Å². The van der Waals surface area contributed by atoms with E-state index in [1.807, 2.05) is 12.1 Å². The van der Waals surface area contributed by atoms with Crippen LogP contribution < -0.4 is 9.47 Å². The van der Waals surface area contributed by atoms with E-state index in [0.29, 0.717) is 16.9 Å². The number of rotatable bonds is 12. The van der Waals surface area contributed by atoms with Crippen molar-refractivity contribution < 1.29 is 14.3 Å². The van der Waals surface area contributed by atoms with E-state index in [2.05, 4.69) is 13.0 Å². The normalized spacial score (nSPS) is 14.8. The van der Waals surface area contributed by atoms with Crippen LogP contribution in [-0.4, -0.2) is 12.1 Å². The monoisotopic (exact) mass is 433 g/mol. The quantitative estimate of drug-likeness (QED) is 0.199. The summed E-state index contributed by atoms with van der Waals surface area (Å²) >= 11 is 0. The first-order chi connectivity index (χ1) is 15.7. The number of carbonyl (C=O) groups is 1. The predicted molar refractivity (Wildman–Crippen MR) is 127 cm³/mol. The highest BCUT2D eigenvalue weighted by atomic mass is 16.5. The molecule has 1 atom stereocenters. The molecule has 0 aliphatic carbocycles. The van der Waals surface area contributed by atoms with E-state index in [-0.39, 0.29) is 6.10 Å². The second-order valence-electron chi connectivity index (χ2n) is 8.74. The molecular weight excluding hydrogens is 398 g/mol. The molecular formula is C28H35NO3. The molecule has 0 unspecified atom stereocenters. The first kappa shape index (κ1) is 23.9. The highest BCUT2D eigenvalue weighted by Crippen LogP contribution is 2.31. The van der Waals surface area contributed by atoms with Crippen molar-refractivity contribution in [2.45, 2.75) is 90.1 Å². The standard InChI is InChI=1S/C28H35NO3/c1-2-3-4-5-6-7-8-9-10-11-25-18-14-23-20-24(15-19-27(23)31-25)28(30)32-26-16-12-22(21-29)13-17-26/h12-13,15-17,19-20,25H,2-11,14,18H2,1H3/t25-/m1/s1. The van der Waals surface area contributed by atoms with Crippen LogP contribution in [0.3, 0.4) is 0 Å². The summed E-state index contributed by atoms with van der Waals surface area (Å²) in [5.41, 5.74) is 2.13. The first-order valence-corrected chi connectivity index (χ1v) is 12.2. The van der Waals surface area contributed by atoms with Crippen LogP contribution in [-0.2, 0) is 6.42 Å². The molecule has 4 nitrogen and oxygen atoms in total. The van der Waals surface area contributed by atoms with E-state index in [1.165, 1.54) is 57.8 Å². The zero-order valence-electron chi connectivity index (χ0n) is 19.3. The molecule has 0 amide bonds. The molecule has 0 aromatic heterocycles. The number of hydrogen-bond donors (Lipinski definition) is 0. The number of benzene rings is 2. The number of esters is 1. The van der Waals surface area contributed by atoms with Gasteiger partial charge in [-0.1, -0.05) is 58.3 Å². The van der Waals surface area contributed by atoms with Crippen molar-refractivity contribution in [3.8, 4) is 17.6 Å². The molecule has 1 aliphatic rings. The van der Waals surface area contributed by atoms with E-state index in [9.17, 15) is 4.79 Å². The molecule has 32 heavy (non-hydrogen) atoms. The smallest absolute Gasteiger partial charge is 0.343 e. The Hall–Kier alpha value is -2.80. The lowest BCUT2D eigenvalue weighted by Gasteiger charge is -2.26. The van der Waals surface area contributed by atoms with Crippen molar-refractivity contribution in [3.63, 3.8) is 0 Å². The van der Waals surface area contributed by atoms with Crippen LogP contribution >= 0.6 is 0 Å². The minimum atomic E-state index is -0.394. The Bertz CT molecular complexity index is 898. The summed E-state index contributed by atoms with van der Waals surface area (Å²) in [5, 5.41) is 8.87. The summed E-state index contributed by atoms with van der Waals surface area (Å²) in [6, 6.07) is 14.1. The van der Waals surface area contributed by atoms with E-state index in [0.717, 1.165) is 30.6 Å². The number of ether oxygens (including phenoxy) is 2. The van der Waals surface area contributed by atoms with Crippen LogP contribution in [0.4, 0.5) is 0 Å². The van der Waals surface area contributed by atoms with Crippen molar-refractivity contribution in [1.29, 1.82) is 5.26 Å². The van der Waals surface area contributed by atoms with Crippen molar-refractivity contribution in [2.75, 3.05) is 0 Å². The average molecular weight is 434 g/mol. The number of aryl methyl sites for hydroxylation is 1. The maximum Gasteiger partial charge on any atom is 0.343 e. The Morgan fingerprint density at radius 1 is 1.00 bits per heavy atom. The maximum atomic E-state index is 12.5. The van der Waals surface area contributed by atoms with Crippen molar-refractivity contribution in [1.82, 2.24) is 0 Å². The van der Waals surface area contributed by atoms with Gasteiger partial charge in [0.25, 0.3) is 0 Å². The largest absolute Gasteiger partial charge is 0.490 e. The van der Waals surface area contributed by atoms with Gasteiger partial charge in [0, 0.05) is 0 Å². The molecule has 3 rings (SSSR count). The number of carbonyl (C=O) groups excluding carboxylic acids is 1. The molecule has 4 heteroatoms. The average Bonchev–Trinajstić information content (AvgIpc) is 2.83. The minimum absolute atomic E-state index is 0.281. The second kappa shape index (κ2) is 12.9. The molecule has 2 aromatic rings. The molecule has 0 radical (unpaired) electrons. The molecule has 1 heterocycles. The summed E-state index contributed by atoms with van der Waals surface area (Å²) in [5.74, 6) is 0.936. The molecule has 0 bridgehead atoms. The van der Waals surface area contributed by atoms with Gasteiger partial charge >= 0.3 is 5.97 Å². The Labute approximate surface area is 192 Å². The Morgan fingerprint density at radius 3 is 2.38 bits per heavy atom. The third-order valence-corrected chi connectivity index (χ3v) is 6.15. The van der Waals surface area contributed by atoms with Gasteiger partial charge in [-0.05, 0) is 73.7 Å². The number of nitrogens with zero attached hydrogens (tertiary/aromatic N) is 1. The summed E-state index contributed by atoms with van der Waals surface area (Å²) in [6.45, 7) is 2.26. The molecule has 1 aliphatic heterocycles. The highest BCUT2D eigenvalue weighted by Gasteiger charge is 2.21. The van der Waals surface area contributed by atoms with Crippen molar-refractivity contribution >= 4 is 5.97 Å². The van der Waals surface area contributed by atoms with E-state index in [1.54, 1.807) is 30.3 Å². The molecule has 0 N–H and O–H groups in total. The van der Waals surface area contributed by atoms with E-state index < -0.39 is 5.97 Å². The number of fused-ring (bicyclic) bond motifs is 1. The summed E-state index contributed by atoms with van der Waals surface area (Å²) < 4.78 is 11.6. The van der Waals surface area contributed by atoms with Crippen molar-refractivity contribution in [3.05, 3.63) is 59.2 Å². The molecule has 0 saturated carbocycles. The van der Waals surface area contributed by atoms with E-state index >= 15 is 0 Å². The van der Waals surface area contributed by atoms with Gasteiger partial charge in [0.2, 0.25) is 0 Å². The van der Waals surface area contributed by atoms with E-state index in [4.69, 9.17) is 14.7 Å². The zero-order chi connectivity index (χ0) is 22.6. The molecule has 0 spiro atoms. The highest BCUT2D eigenvalue weighted by molar-refractivity contribution is 5.91. The molecule has 0 fully saturated rings. The second-order valence-corrected chi connectivity index (χ2v) is 8.74. The lowest BCUT2D eigenvalue weighted by Crippen LogP contribution is -2.23. The molecule has 170 valence electrons. The van der Waals surface area contributed by atoms with Gasteiger partial charge in [-0.15, -0.1) is 0 Å². The third-order valence-electron chi connectivity index (χ3n) is 6.15. The van der Waals surface area contributed by atoms with Gasteiger partial charge in [0.1, 0.15) is 11.5 Å². The summed E-state index contributed by atoms with van der Waals surface area (Å²) in [6.07, 6.45) is 15.4. The third kappa shape index (κ3) is 7.41. The van der Waals surface area contributed by atoms with Crippen LogP contribution in [0, 0.1) is 11.3 Å². The van der Waals surface area contributed by atoms with Gasteiger partial charge in [-0.3, -0.25) is 0 Å². The van der Waals surface area contributed by atoms with Gasteiger partial charge in [0.05, 0.1) is 23.3 Å². The SMILES string of the molecule is CCCCCCCCCCC[C@@H]1CCc2cc(C(=O)Oc3ccc(C#N)cc3)ccc2O1. The fourth-order valence-corrected chi connectivity index (χ4v) is 4.22. The predicted octanol–water partition coefficient (Wildman–Crippen LogP) is 7.39. The van der Waals surface area contributed by atoms with Gasteiger partial charge in [-0.25, -0.2) is 4.79 Å². The fraction of sp³-hybridized carbons (Fsp3) is 0.500. The van der Waals surface area contributed by atoms with Gasteiger partial charge in [-0.2, -0.15) is 5.26 Å². The number of hydrogen-bond acceptors (Lipinski definition) is 4. The maximum absolute atomic E-state index is 12.5. The van der Waals surface area contributed by atoms with Crippen molar-refractivity contribution in [2.24, 2.45) is 0 Å². The van der Waals surface area contributed by atoms with Crippen LogP contribution in [0.5, 0.6) is 11.5 Å².